The minimum absolute atomic E-state index is 0.0544. The second-order valence-electron chi connectivity index (χ2n) is 6.88. The van der Waals surface area contributed by atoms with Crippen LogP contribution in [0.5, 0.6) is 0 Å². The molecule has 0 spiro atoms. The van der Waals surface area contributed by atoms with E-state index in [9.17, 15) is 14.7 Å². The molecule has 0 radical (unpaired) electrons. The smallest absolute Gasteiger partial charge is 0.313 e. The zero-order valence-corrected chi connectivity index (χ0v) is 14.7. The molecule has 0 saturated heterocycles. The maximum Gasteiger partial charge on any atom is 0.313 e. The highest BCUT2D eigenvalue weighted by Gasteiger charge is 2.23. The Labute approximate surface area is 138 Å². The van der Waals surface area contributed by atoms with E-state index in [-0.39, 0.29) is 6.54 Å². The average Bonchev–Trinajstić information content (AvgIpc) is 2.45. The van der Waals surface area contributed by atoms with Crippen LogP contribution in [0.1, 0.15) is 44.7 Å². The van der Waals surface area contributed by atoms with Gasteiger partial charge in [-0.1, -0.05) is 31.5 Å². The highest BCUT2D eigenvalue weighted by atomic mass is 16.3. The van der Waals surface area contributed by atoms with E-state index < -0.39 is 17.4 Å². The van der Waals surface area contributed by atoms with Gasteiger partial charge in [-0.05, 0) is 51.2 Å². The van der Waals surface area contributed by atoms with E-state index in [1.165, 1.54) is 0 Å². The maximum absolute atomic E-state index is 11.9. The third-order valence-electron chi connectivity index (χ3n) is 3.73. The first kappa shape index (κ1) is 19.2. The minimum atomic E-state index is -1.01. The van der Waals surface area contributed by atoms with Gasteiger partial charge in [0.2, 0.25) is 0 Å². The van der Waals surface area contributed by atoms with E-state index in [1.54, 1.807) is 13.0 Å². The third-order valence-corrected chi connectivity index (χ3v) is 3.73. The molecule has 1 aromatic carbocycles. The molecule has 0 heterocycles. The molecule has 128 valence electrons. The van der Waals surface area contributed by atoms with Gasteiger partial charge in [0.25, 0.3) is 0 Å². The molecule has 5 nitrogen and oxygen atoms in total. The molecule has 0 aromatic heterocycles. The summed E-state index contributed by atoms with van der Waals surface area (Å²) in [7, 11) is 0. The molecule has 23 heavy (non-hydrogen) atoms. The molecule has 0 fully saturated rings. The van der Waals surface area contributed by atoms with E-state index in [1.807, 2.05) is 26.0 Å². The van der Waals surface area contributed by atoms with Crippen molar-refractivity contribution in [2.24, 2.45) is 5.92 Å². The highest BCUT2D eigenvalue weighted by Crippen LogP contribution is 2.17. The maximum atomic E-state index is 11.9. The first-order chi connectivity index (χ1) is 10.6. The largest absolute Gasteiger partial charge is 0.388 e. The molecule has 1 aromatic rings. The summed E-state index contributed by atoms with van der Waals surface area (Å²) in [5.74, 6) is -0.989. The van der Waals surface area contributed by atoms with Crippen LogP contribution in [0.25, 0.3) is 0 Å². The number of amides is 2. The van der Waals surface area contributed by atoms with E-state index in [0.29, 0.717) is 18.0 Å². The molecule has 1 unspecified atom stereocenters. The number of aliphatic hydroxyl groups is 1. The SMILES string of the molecule is Cc1ccc(NC(=O)C(=O)NCC(C)(O)CCC(C)C)c(C)c1. The number of carbonyl (C=O) groups excluding carboxylic acids is 2. The van der Waals surface area contributed by atoms with Crippen molar-refractivity contribution in [2.45, 2.75) is 53.1 Å². The number of hydrogen-bond donors (Lipinski definition) is 3. The summed E-state index contributed by atoms with van der Waals surface area (Å²) in [6, 6.07) is 5.58. The molecule has 1 rings (SSSR count). The number of carbonyl (C=O) groups is 2. The molecule has 0 aliphatic carbocycles. The van der Waals surface area contributed by atoms with Crippen molar-refractivity contribution in [2.75, 3.05) is 11.9 Å². The normalized spacial score (nSPS) is 13.5. The molecular weight excluding hydrogens is 292 g/mol. The van der Waals surface area contributed by atoms with Crippen molar-refractivity contribution in [1.29, 1.82) is 0 Å². The fourth-order valence-electron chi connectivity index (χ4n) is 2.17. The van der Waals surface area contributed by atoms with Gasteiger partial charge in [-0.2, -0.15) is 0 Å². The molecule has 5 heteroatoms. The van der Waals surface area contributed by atoms with Crippen LogP contribution >= 0.6 is 0 Å². The Bertz CT molecular complexity index is 565. The number of nitrogens with one attached hydrogen (secondary N) is 2. The van der Waals surface area contributed by atoms with Gasteiger partial charge in [0.15, 0.2) is 0 Å². The fourth-order valence-corrected chi connectivity index (χ4v) is 2.17. The Hall–Kier alpha value is -1.88. The minimum Gasteiger partial charge on any atom is -0.388 e. The molecule has 0 aliphatic heterocycles. The van der Waals surface area contributed by atoms with E-state index >= 15 is 0 Å². The van der Waals surface area contributed by atoms with Gasteiger partial charge in [-0.25, -0.2) is 0 Å². The van der Waals surface area contributed by atoms with Crippen molar-refractivity contribution >= 4 is 17.5 Å². The molecular formula is C18H28N2O3. The Morgan fingerprint density at radius 2 is 1.87 bits per heavy atom. The van der Waals surface area contributed by atoms with E-state index in [0.717, 1.165) is 17.5 Å². The van der Waals surface area contributed by atoms with Crippen molar-refractivity contribution in [1.82, 2.24) is 5.32 Å². The molecule has 0 saturated carbocycles. The van der Waals surface area contributed by atoms with Crippen LogP contribution in [0.3, 0.4) is 0 Å². The molecule has 1 atom stereocenters. The fraction of sp³-hybridized carbons (Fsp3) is 0.556. The van der Waals surface area contributed by atoms with Gasteiger partial charge in [0.1, 0.15) is 0 Å². The first-order valence-electron chi connectivity index (χ1n) is 7.99. The third kappa shape index (κ3) is 6.82. The lowest BCUT2D eigenvalue weighted by molar-refractivity contribution is -0.136. The summed E-state index contributed by atoms with van der Waals surface area (Å²) in [5, 5.41) is 15.3. The predicted octanol–water partition coefficient (Wildman–Crippen LogP) is 2.55. The summed E-state index contributed by atoms with van der Waals surface area (Å²) >= 11 is 0. The predicted molar refractivity (Wildman–Crippen MR) is 92.3 cm³/mol. The lowest BCUT2D eigenvalue weighted by Crippen LogP contribution is -2.44. The van der Waals surface area contributed by atoms with Gasteiger partial charge < -0.3 is 15.7 Å². The number of hydrogen-bond acceptors (Lipinski definition) is 3. The summed E-state index contributed by atoms with van der Waals surface area (Å²) in [6.45, 7) is 9.70. The standard InChI is InChI=1S/C18H28N2O3/c1-12(2)8-9-18(5,23)11-19-16(21)17(22)20-15-7-6-13(3)10-14(15)4/h6-7,10,12,23H,8-9,11H2,1-5H3,(H,19,21)(H,20,22). The summed E-state index contributed by atoms with van der Waals surface area (Å²) in [4.78, 5) is 23.8. The molecule has 0 bridgehead atoms. The van der Waals surface area contributed by atoms with Crippen molar-refractivity contribution in [3.05, 3.63) is 29.3 Å². The number of benzene rings is 1. The van der Waals surface area contributed by atoms with Gasteiger partial charge in [-0.3, -0.25) is 9.59 Å². The summed E-state index contributed by atoms with van der Waals surface area (Å²) in [5.41, 5.74) is 1.59. The van der Waals surface area contributed by atoms with Crippen molar-refractivity contribution in [3.63, 3.8) is 0 Å². The van der Waals surface area contributed by atoms with E-state index in [2.05, 4.69) is 24.5 Å². The molecule has 2 amide bonds. The van der Waals surface area contributed by atoms with Crippen molar-refractivity contribution < 1.29 is 14.7 Å². The summed E-state index contributed by atoms with van der Waals surface area (Å²) < 4.78 is 0. The topological polar surface area (TPSA) is 78.4 Å². The highest BCUT2D eigenvalue weighted by molar-refractivity contribution is 6.39. The molecule has 3 N–H and O–H groups in total. The lowest BCUT2D eigenvalue weighted by Gasteiger charge is -2.24. The van der Waals surface area contributed by atoms with Gasteiger partial charge in [0.05, 0.1) is 5.60 Å². The zero-order chi connectivity index (χ0) is 17.6. The first-order valence-corrected chi connectivity index (χ1v) is 7.99. The second kappa shape index (κ2) is 8.11. The Kier molecular flexibility index (Phi) is 6.76. The van der Waals surface area contributed by atoms with Crippen LogP contribution in [0.15, 0.2) is 18.2 Å². The number of rotatable bonds is 6. The van der Waals surface area contributed by atoms with E-state index in [4.69, 9.17) is 0 Å². The van der Waals surface area contributed by atoms with Crippen LogP contribution in [0, 0.1) is 19.8 Å². The number of anilines is 1. The van der Waals surface area contributed by atoms with Crippen molar-refractivity contribution in [3.8, 4) is 0 Å². The van der Waals surface area contributed by atoms with Crippen LogP contribution in [0.4, 0.5) is 5.69 Å². The van der Waals surface area contributed by atoms with Gasteiger partial charge >= 0.3 is 11.8 Å². The number of aryl methyl sites for hydroxylation is 2. The summed E-state index contributed by atoms with van der Waals surface area (Å²) in [6.07, 6.45) is 1.43. The average molecular weight is 320 g/mol. The Morgan fingerprint density at radius 1 is 1.22 bits per heavy atom. The van der Waals surface area contributed by atoms with Gasteiger partial charge in [0, 0.05) is 12.2 Å². The quantitative estimate of drug-likeness (QED) is 0.705. The lowest BCUT2D eigenvalue weighted by atomic mass is 9.95. The molecule has 0 aliphatic rings. The van der Waals surface area contributed by atoms with Gasteiger partial charge in [-0.15, -0.1) is 0 Å². The van der Waals surface area contributed by atoms with Crippen LogP contribution < -0.4 is 10.6 Å². The van der Waals surface area contributed by atoms with Crippen LogP contribution in [0.2, 0.25) is 0 Å². The van der Waals surface area contributed by atoms with Crippen LogP contribution in [-0.2, 0) is 9.59 Å². The Morgan fingerprint density at radius 3 is 2.43 bits per heavy atom. The monoisotopic (exact) mass is 320 g/mol. The van der Waals surface area contributed by atoms with Crippen LogP contribution in [-0.4, -0.2) is 29.1 Å². The Balaban J connectivity index is 2.52. The zero-order valence-electron chi connectivity index (χ0n) is 14.7. The second-order valence-corrected chi connectivity index (χ2v) is 6.88.